The van der Waals surface area contributed by atoms with Crippen LogP contribution in [-0.2, 0) is 4.84 Å². The molecule has 1 atom stereocenters. The van der Waals surface area contributed by atoms with E-state index in [9.17, 15) is 13.2 Å². The van der Waals surface area contributed by atoms with Crippen molar-refractivity contribution in [2.45, 2.75) is 20.8 Å². The standard InChI is InChI=1S/C20H22F3N3O/c1-5-6-16(15(4)26-27-12-14(3)11-24)20(18(23)10-21)25-19-8-7-13(2)9-17(19)22/h5-10,14,25-26H,4,12H2,1-3H3/b6-5-,18-10-,20-16-. The van der Waals surface area contributed by atoms with E-state index in [1.54, 1.807) is 32.9 Å². The van der Waals surface area contributed by atoms with Gasteiger partial charge in [0.05, 0.1) is 35.7 Å². The number of hydrogen-bond acceptors (Lipinski definition) is 4. The van der Waals surface area contributed by atoms with Gasteiger partial charge in [-0.2, -0.15) is 5.26 Å². The van der Waals surface area contributed by atoms with Gasteiger partial charge < -0.3 is 5.32 Å². The molecule has 0 spiro atoms. The molecule has 1 unspecified atom stereocenters. The third-order valence-corrected chi connectivity index (χ3v) is 3.40. The molecule has 0 aliphatic rings. The first-order valence-electron chi connectivity index (χ1n) is 8.17. The van der Waals surface area contributed by atoms with Gasteiger partial charge >= 0.3 is 0 Å². The van der Waals surface area contributed by atoms with E-state index in [-0.39, 0.29) is 41.5 Å². The lowest BCUT2D eigenvalue weighted by Crippen LogP contribution is -2.20. The molecule has 0 aromatic heterocycles. The van der Waals surface area contributed by atoms with Crippen molar-refractivity contribution in [3.8, 4) is 6.07 Å². The van der Waals surface area contributed by atoms with Crippen LogP contribution in [0.25, 0.3) is 0 Å². The summed E-state index contributed by atoms with van der Waals surface area (Å²) in [5, 5.41) is 11.3. The molecule has 0 radical (unpaired) electrons. The van der Waals surface area contributed by atoms with E-state index in [1.807, 2.05) is 6.07 Å². The van der Waals surface area contributed by atoms with Crippen LogP contribution in [0.3, 0.4) is 0 Å². The second-order valence-electron chi connectivity index (χ2n) is 5.78. The molecule has 0 saturated heterocycles. The van der Waals surface area contributed by atoms with Gasteiger partial charge in [-0.25, -0.2) is 13.2 Å². The van der Waals surface area contributed by atoms with E-state index in [0.717, 1.165) is 0 Å². The second kappa shape index (κ2) is 10.9. The van der Waals surface area contributed by atoms with Gasteiger partial charge in [0.2, 0.25) is 0 Å². The maximum atomic E-state index is 14.2. The van der Waals surface area contributed by atoms with Crippen LogP contribution in [0.5, 0.6) is 0 Å². The van der Waals surface area contributed by atoms with Crippen molar-refractivity contribution in [2.75, 3.05) is 11.9 Å². The fourth-order valence-corrected chi connectivity index (χ4v) is 2.01. The largest absolute Gasteiger partial charge is 0.350 e. The Hall–Kier alpha value is -2.98. The van der Waals surface area contributed by atoms with Crippen LogP contribution in [-0.4, -0.2) is 6.61 Å². The number of anilines is 1. The van der Waals surface area contributed by atoms with Crippen molar-refractivity contribution in [2.24, 2.45) is 5.92 Å². The Morgan fingerprint density at radius 1 is 1.44 bits per heavy atom. The van der Waals surface area contributed by atoms with Crippen molar-refractivity contribution >= 4 is 5.69 Å². The van der Waals surface area contributed by atoms with Crippen molar-refractivity contribution in [1.82, 2.24) is 5.48 Å². The van der Waals surface area contributed by atoms with E-state index in [0.29, 0.717) is 5.56 Å². The summed E-state index contributed by atoms with van der Waals surface area (Å²) in [6.07, 6.45) is 2.81. The Bertz CT molecular complexity index is 807. The van der Waals surface area contributed by atoms with Crippen LogP contribution in [0, 0.1) is 30.0 Å². The van der Waals surface area contributed by atoms with E-state index in [1.165, 1.54) is 18.2 Å². The second-order valence-corrected chi connectivity index (χ2v) is 5.78. The molecule has 0 aliphatic heterocycles. The highest BCUT2D eigenvalue weighted by molar-refractivity contribution is 5.59. The molecule has 144 valence electrons. The molecule has 0 saturated carbocycles. The number of halogens is 3. The molecule has 0 bridgehead atoms. The highest BCUT2D eigenvalue weighted by Gasteiger charge is 2.16. The SMILES string of the molecule is C=C(NOCC(C)C#N)C(/C=C\C)=C(Nc1ccc(C)cc1F)/C(F)=C/F. The number of nitrogens with one attached hydrogen (secondary N) is 2. The van der Waals surface area contributed by atoms with Crippen molar-refractivity contribution in [3.63, 3.8) is 0 Å². The van der Waals surface area contributed by atoms with Crippen LogP contribution < -0.4 is 10.8 Å². The van der Waals surface area contributed by atoms with E-state index in [2.05, 4.69) is 17.4 Å². The van der Waals surface area contributed by atoms with Crippen LogP contribution in [0.1, 0.15) is 19.4 Å². The smallest absolute Gasteiger partial charge is 0.175 e. The lowest BCUT2D eigenvalue weighted by Gasteiger charge is -2.17. The Morgan fingerprint density at radius 2 is 2.15 bits per heavy atom. The summed E-state index contributed by atoms with van der Waals surface area (Å²) >= 11 is 0. The number of hydrogen-bond donors (Lipinski definition) is 2. The van der Waals surface area contributed by atoms with Gasteiger partial charge in [-0.05, 0) is 38.5 Å². The lowest BCUT2D eigenvalue weighted by atomic mass is 10.1. The average molecular weight is 377 g/mol. The predicted octanol–water partition coefficient (Wildman–Crippen LogP) is 5.35. The normalized spacial score (nSPS) is 13.7. The van der Waals surface area contributed by atoms with Gasteiger partial charge in [0.1, 0.15) is 12.1 Å². The van der Waals surface area contributed by atoms with Crippen LogP contribution in [0.2, 0.25) is 0 Å². The first-order valence-corrected chi connectivity index (χ1v) is 8.17. The maximum absolute atomic E-state index is 14.2. The van der Waals surface area contributed by atoms with E-state index >= 15 is 0 Å². The summed E-state index contributed by atoms with van der Waals surface area (Å²) in [6.45, 7) is 8.84. The Morgan fingerprint density at radius 3 is 2.70 bits per heavy atom. The molecule has 2 N–H and O–H groups in total. The Kier molecular flexibility index (Phi) is 8.90. The summed E-state index contributed by atoms with van der Waals surface area (Å²) < 4.78 is 41.2. The molecule has 7 heteroatoms. The number of allylic oxidation sites excluding steroid dienone is 3. The van der Waals surface area contributed by atoms with Crippen LogP contribution >= 0.6 is 0 Å². The number of rotatable bonds is 9. The van der Waals surface area contributed by atoms with Crippen LogP contribution in [0.4, 0.5) is 18.9 Å². The Balaban J connectivity index is 3.23. The lowest BCUT2D eigenvalue weighted by molar-refractivity contribution is 0.0523. The molecule has 0 aliphatic carbocycles. The first-order chi connectivity index (χ1) is 12.8. The minimum absolute atomic E-state index is 0.0265. The quantitative estimate of drug-likeness (QED) is 0.450. The molecule has 4 nitrogen and oxygen atoms in total. The zero-order chi connectivity index (χ0) is 20.4. The molecule has 27 heavy (non-hydrogen) atoms. The fraction of sp³-hybridized carbons (Fsp3) is 0.250. The summed E-state index contributed by atoms with van der Waals surface area (Å²) in [4.78, 5) is 5.15. The Labute approximate surface area is 157 Å². The number of benzene rings is 1. The van der Waals surface area contributed by atoms with Crippen molar-refractivity contribution in [1.29, 1.82) is 5.26 Å². The first kappa shape index (κ1) is 22.1. The van der Waals surface area contributed by atoms with Gasteiger partial charge in [-0.3, -0.25) is 10.3 Å². The molecule has 0 amide bonds. The monoisotopic (exact) mass is 377 g/mol. The van der Waals surface area contributed by atoms with Gasteiger partial charge in [-0.1, -0.05) is 24.8 Å². The van der Waals surface area contributed by atoms with Crippen molar-refractivity contribution in [3.05, 3.63) is 77.4 Å². The van der Waals surface area contributed by atoms with Crippen molar-refractivity contribution < 1.29 is 18.0 Å². The predicted molar refractivity (Wildman–Crippen MR) is 99.9 cm³/mol. The third-order valence-electron chi connectivity index (χ3n) is 3.40. The molecule has 0 heterocycles. The highest BCUT2D eigenvalue weighted by Crippen LogP contribution is 2.26. The molecule has 1 rings (SSSR count). The third kappa shape index (κ3) is 6.68. The van der Waals surface area contributed by atoms with Gasteiger partial charge in [-0.15, -0.1) is 0 Å². The summed E-state index contributed by atoms with van der Waals surface area (Å²) in [5.41, 5.74) is 3.05. The zero-order valence-corrected chi connectivity index (χ0v) is 15.4. The summed E-state index contributed by atoms with van der Waals surface area (Å²) in [7, 11) is 0. The molecule has 0 fully saturated rings. The molecular weight excluding hydrogens is 355 g/mol. The summed E-state index contributed by atoms with van der Waals surface area (Å²) in [5.74, 6) is -2.23. The fourth-order valence-electron chi connectivity index (χ4n) is 2.01. The minimum Gasteiger partial charge on any atom is -0.350 e. The highest BCUT2D eigenvalue weighted by atomic mass is 19.2. The van der Waals surface area contributed by atoms with E-state index in [4.69, 9.17) is 10.1 Å². The van der Waals surface area contributed by atoms with Gasteiger partial charge in [0, 0.05) is 5.57 Å². The molecule has 1 aromatic carbocycles. The number of nitriles is 1. The summed E-state index contributed by atoms with van der Waals surface area (Å²) in [6, 6.07) is 6.32. The van der Waals surface area contributed by atoms with E-state index < -0.39 is 11.6 Å². The molecule has 1 aromatic rings. The number of aryl methyl sites for hydroxylation is 1. The van der Waals surface area contributed by atoms with Crippen LogP contribution in [0.15, 0.2) is 66.1 Å². The average Bonchev–Trinajstić information content (AvgIpc) is 2.65. The van der Waals surface area contributed by atoms with Gasteiger partial charge in [0.15, 0.2) is 5.83 Å². The maximum Gasteiger partial charge on any atom is 0.175 e. The number of nitrogens with zero attached hydrogens (tertiary/aromatic N) is 1. The zero-order valence-electron chi connectivity index (χ0n) is 15.4. The number of hydroxylamine groups is 1. The minimum atomic E-state index is -1.24. The van der Waals surface area contributed by atoms with Gasteiger partial charge in [0.25, 0.3) is 0 Å². The topological polar surface area (TPSA) is 57.1 Å². The molecular formula is C20H22F3N3O.